The molecule has 0 unspecified atom stereocenters. The molecule has 1 aliphatic heterocycles. The highest BCUT2D eigenvalue weighted by molar-refractivity contribution is 6.34. The third kappa shape index (κ3) is 3.44. The van der Waals surface area contributed by atoms with Gasteiger partial charge < -0.3 is 16.4 Å². The Balaban J connectivity index is 0.00000240. The molecule has 1 spiro atoms. The number of nitrogens with one attached hydrogen (secondary N) is 2. The molecular weight excluding hydrogens is 415 g/mol. The summed E-state index contributed by atoms with van der Waals surface area (Å²) < 4.78 is 1.54. The van der Waals surface area contributed by atoms with E-state index in [1.807, 2.05) is 13.8 Å². The molecular formula is C19H24Cl2N6O2. The lowest BCUT2D eigenvalue weighted by molar-refractivity contribution is 0.0877. The third-order valence-electron chi connectivity index (χ3n) is 5.57. The van der Waals surface area contributed by atoms with Gasteiger partial charge in [0.2, 0.25) is 0 Å². The molecule has 0 atom stereocenters. The number of carbonyl (C=O) groups is 1. The fraction of sp³-hybridized carbons (Fsp3) is 0.474. The first-order valence-electron chi connectivity index (χ1n) is 9.50. The predicted octanol–water partition coefficient (Wildman–Crippen LogP) is 3.52. The van der Waals surface area contributed by atoms with Crippen molar-refractivity contribution < 1.29 is 4.79 Å². The normalized spacial score (nSPS) is 17.0. The van der Waals surface area contributed by atoms with E-state index in [4.69, 9.17) is 17.3 Å². The SMILES string of the molecule is CC(C)c1c(N)ncnc1Nc1cc(Cl)c2n(c1=O)C1(CCCCC1)NC2=O.Cl. The van der Waals surface area contributed by atoms with Crippen molar-refractivity contribution in [2.24, 2.45) is 0 Å². The lowest BCUT2D eigenvalue weighted by Crippen LogP contribution is -2.48. The van der Waals surface area contributed by atoms with Crippen molar-refractivity contribution in [1.29, 1.82) is 0 Å². The Hall–Kier alpha value is -2.32. The molecule has 0 saturated heterocycles. The van der Waals surface area contributed by atoms with Crippen molar-refractivity contribution >= 4 is 47.2 Å². The molecule has 1 amide bonds. The van der Waals surface area contributed by atoms with Crippen LogP contribution in [0.15, 0.2) is 17.2 Å². The van der Waals surface area contributed by atoms with Crippen LogP contribution in [0, 0.1) is 0 Å². The number of rotatable bonds is 3. The summed E-state index contributed by atoms with van der Waals surface area (Å²) in [5, 5.41) is 6.33. The zero-order valence-electron chi connectivity index (χ0n) is 16.3. The summed E-state index contributed by atoms with van der Waals surface area (Å²) in [6, 6.07) is 1.49. The number of nitrogen functional groups attached to an aromatic ring is 1. The number of aromatic nitrogens is 3. The molecule has 29 heavy (non-hydrogen) atoms. The molecule has 8 nitrogen and oxygen atoms in total. The van der Waals surface area contributed by atoms with Gasteiger partial charge in [0.1, 0.15) is 35.0 Å². The molecule has 2 aromatic heterocycles. The van der Waals surface area contributed by atoms with Crippen LogP contribution in [0.1, 0.15) is 67.9 Å². The molecule has 2 aliphatic rings. The number of hydrogen-bond acceptors (Lipinski definition) is 6. The maximum Gasteiger partial charge on any atom is 0.276 e. The molecule has 10 heteroatoms. The number of nitrogens with two attached hydrogens (primary N) is 1. The molecule has 2 aromatic rings. The Morgan fingerprint density at radius 1 is 1.24 bits per heavy atom. The maximum absolute atomic E-state index is 13.4. The van der Waals surface area contributed by atoms with Crippen LogP contribution < -0.4 is 21.9 Å². The van der Waals surface area contributed by atoms with Gasteiger partial charge in [-0.3, -0.25) is 14.2 Å². The fourth-order valence-electron chi connectivity index (χ4n) is 4.31. The highest BCUT2D eigenvalue weighted by atomic mass is 35.5. The number of hydrogen-bond donors (Lipinski definition) is 3. The first-order chi connectivity index (χ1) is 13.3. The summed E-state index contributed by atoms with van der Waals surface area (Å²) in [5.41, 5.74) is 6.22. The van der Waals surface area contributed by atoms with Crippen LogP contribution in [0.5, 0.6) is 0 Å². The molecule has 1 aliphatic carbocycles. The Bertz CT molecular complexity index is 1010. The number of halogens is 2. The van der Waals surface area contributed by atoms with Gasteiger partial charge in [0.15, 0.2) is 0 Å². The van der Waals surface area contributed by atoms with E-state index >= 15 is 0 Å². The van der Waals surface area contributed by atoms with Gasteiger partial charge in [-0.1, -0.05) is 31.9 Å². The maximum atomic E-state index is 13.4. The monoisotopic (exact) mass is 438 g/mol. The zero-order chi connectivity index (χ0) is 20.1. The predicted molar refractivity (Wildman–Crippen MR) is 115 cm³/mol. The van der Waals surface area contributed by atoms with Crippen molar-refractivity contribution in [2.75, 3.05) is 11.1 Å². The molecule has 0 bridgehead atoms. The molecule has 156 valence electrons. The summed E-state index contributed by atoms with van der Waals surface area (Å²) in [6.45, 7) is 3.95. The van der Waals surface area contributed by atoms with Crippen molar-refractivity contribution in [3.8, 4) is 0 Å². The number of anilines is 3. The van der Waals surface area contributed by atoms with Gasteiger partial charge in [-0.25, -0.2) is 9.97 Å². The summed E-state index contributed by atoms with van der Waals surface area (Å²) >= 11 is 6.43. The summed E-state index contributed by atoms with van der Waals surface area (Å²) in [5.74, 6) is 0.584. The van der Waals surface area contributed by atoms with Crippen LogP contribution >= 0.6 is 24.0 Å². The van der Waals surface area contributed by atoms with Crippen molar-refractivity contribution in [3.63, 3.8) is 0 Å². The molecule has 4 rings (SSSR count). The fourth-order valence-corrected chi connectivity index (χ4v) is 4.59. The van der Waals surface area contributed by atoms with E-state index in [0.29, 0.717) is 24.5 Å². The van der Waals surface area contributed by atoms with Gasteiger partial charge in [0.05, 0.1) is 5.02 Å². The van der Waals surface area contributed by atoms with E-state index in [1.165, 1.54) is 12.4 Å². The van der Waals surface area contributed by atoms with Crippen LogP contribution in [-0.4, -0.2) is 20.4 Å². The Morgan fingerprint density at radius 3 is 2.59 bits per heavy atom. The lowest BCUT2D eigenvalue weighted by Gasteiger charge is -2.35. The molecule has 1 fully saturated rings. The highest BCUT2D eigenvalue weighted by Gasteiger charge is 2.45. The Morgan fingerprint density at radius 2 is 1.93 bits per heavy atom. The number of fused-ring (bicyclic) bond motifs is 2. The Labute approximate surface area is 179 Å². The number of nitrogens with zero attached hydrogens (tertiary/aromatic N) is 3. The van der Waals surface area contributed by atoms with Crippen LogP contribution in [0.2, 0.25) is 5.02 Å². The average molecular weight is 439 g/mol. The second-order valence-electron chi connectivity index (χ2n) is 7.74. The van der Waals surface area contributed by atoms with E-state index in [1.54, 1.807) is 4.57 Å². The van der Waals surface area contributed by atoms with Crippen LogP contribution in [0.25, 0.3) is 0 Å². The minimum atomic E-state index is -0.700. The minimum absolute atomic E-state index is 0. The Kier molecular flexibility index (Phi) is 5.78. The summed E-state index contributed by atoms with van der Waals surface area (Å²) in [7, 11) is 0. The van der Waals surface area contributed by atoms with Gasteiger partial charge in [0, 0.05) is 5.56 Å². The number of amides is 1. The molecule has 0 aromatic carbocycles. The second-order valence-corrected chi connectivity index (χ2v) is 8.15. The van der Waals surface area contributed by atoms with Crippen LogP contribution in [-0.2, 0) is 5.66 Å². The van der Waals surface area contributed by atoms with E-state index in [9.17, 15) is 9.59 Å². The molecule has 4 N–H and O–H groups in total. The van der Waals surface area contributed by atoms with Crippen molar-refractivity contribution in [3.05, 3.63) is 39.0 Å². The summed E-state index contributed by atoms with van der Waals surface area (Å²) in [6.07, 6.45) is 5.75. The summed E-state index contributed by atoms with van der Waals surface area (Å²) in [4.78, 5) is 34.2. The molecule has 0 radical (unpaired) electrons. The lowest BCUT2D eigenvalue weighted by atomic mass is 9.89. The largest absolute Gasteiger partial charge is 0.383 e. The van der Waals surface area contributed by atoms with Crippen molar-refractivity contribution in [1.82, 2.24) is 19.9 Å². The highest BCUT2D eigenvalue weighted by Crippen LogP contribution is 2.39. The number of pyridine rings is 1. The van der Waals surface area contributed by atoms with Crippen molar-refractivity contribution in [2.45, 2.75) is 57.5 Å². The smallest absolute Gasteiger partial charge is 0.276 e. The van der Waals surface area contributed by atoms with E-state index in [2.05, 4.69) is 20.6 Å². The first kappa shape index (κ1) is 21.4. The van der Waals surface area contributed by atoms with E-state index in [-0.39, 0.29) is 46.2 Å². The van der Waals surface area contributed by atoms with Crippen LogP contribution in [0.3, 0.4) is 0 Å². The topological polar surface area (TPSA) is 115 Å². The van der Waals surface area contributed by atoms with Gasteiger partial charge in [0.25, 0.3) is 11.5 Å². The van der Waals surface area contributed by atoms with Gasteiger partial charge in [-0.15, -0.1) is 12.4 Å². The van der Waals surface area contributed by atoms with E-state index in [0.717, 1.165) is 24.8 Å². The second kappa shape index (κ2) is 7.84. The minimum Gasteiger partial charge on any atom is -0.383 e. The molecule has 3 heterocycles. The van der Waals surface area contributed by atoms with Gasteiger partial charge in [-0.2, -0.15) is 0 Å². The van der Waals surface area contributed by atoms with Gasteiger partial charge >= 0.3 is 0 Å². The zero-order valence-corrected chi connectivity index (χ0v) is 17.9. The van der Waals surface area contributed by atoms with E-state index < -0.39 is 5.66 Å². The third-order valence-corrected chi connectivity index (χ3v) is 5.86. The molecule has 1 saturated carbocycles. The first-order valence-corrected chi connectivity index (χ1v) is 9.88. The number of carbonyl (C=O) groups excluding carboxylic acids is 1. The quantitative estimate of drug-likeness (QED) is 0.674. The van der Waals surface area contributed by atoms with Gasteiger partial charge in [-0.05, 0) is 37.7 Å². The van der Waals surface area contributed by atoms with Crippen LogP contribution in [0.4, 0.5) is 17.3 Å². The average Bonchev–Trinajstić information content (AvgIpc) is 2.92. The standard InChI is InChI=1S/C19H23ClN6O2.ClH/c1-10(2)13-15(21)22-9-23-16(13)24-12-8-11(20)14-17(27)25-19(26(14)18(12)28)6-4-3-5-7-19;/h8-10H,3-7H2,1-2H3,(H,25,27)(H3,21,22,23,24);1H.